The van der Waals surface area contributed by atoms with Gasteiger partial charge in [-0.25, -0.2) is 0 Å². The first-order valence-electron chi connectivity index (χ1n) is 6.81. The van der Waals surface area contributed by atoms with E-state index >= 15 is 0 Å². The fraction of sp³-hybridized carbons (Fsp3) is 0.438. The number of amides is 1. The topological polar surface area (TPSA) is 58.6 Å². The SMILES string of the molecule is C#C[C@H](NC(=O)[C@@H](O)Cc1ccccc1)[C@H]1CCCO1. The zero-order chi connectivity index (χ0) is 14.4. The molecule has 4 heteroatoms. The lowest BCUT2D eigenvalue weighted by atomic mass is 10.1. The van der Waals surface area contributed by atoms with E-state index < -0.39 is 18.1 Å². The van der Waals surface area contributed by atoms with Gasteiger partial charge in [-0.15, -0.1) is 6.42 Å². The molecule has 0 aromatic heterocycles. The highest BCUT2D eigenvalue weighted by Gasteiger charge is 2.27. The van der Waals surface area contributed by atoms with Crippen LogP contribution in [0.2, 0.25) is 0 Å². The van der Waals surface area contributed by atoms with Gasteiger partial charge in [-0.3, -0.25) is 4.79 Å². The van der Waals surface area contributed by atoms with Gasteiger partial charge in [0.2, 0.25) is 5.91 Å². The second-order valence-electron chi connectivity index (χ2n) is 4.91. The third-order valence-electron chi connectivity index (χ3n) is 3.39. The minimum absolute atomic E-state index is 0.145. The van der Waals surface area contributed by atoms with E-state index in [4.69, 9.17) is 11.2 Å². The zero-order valence-corrected chi connectivity index (χ0v) is 11.3. The van der Waals surface area contributed by atoms with Gasteiger partial charge < -0.3 is 15.2 Å². The van der Waals surface area contributed by atoms with Crippen LogP contribution in [0.1, 0.15) is 18.4 Å². The molecule has 1 saturated heterocycles. The Morgan fingerprint density at radius 2 is 2.25 bits per heavy atom. The maximum Gasteiger partial charge on any atom is 0.250 e. The molecule has 106 valence electrons. The molecule has 1 fully saturated rings. The van der Waals surface area contributed by atoms with Crippen LogP contribution < -0.4 is 5.32 Å². The number of terminal acetylenes is 1. The molecule has 1 aliphatic heterocycles. The normalized spacial score (nSPS) is 20.9. The minimum Gasteiger partial charge on any atom is -0.383 e. The number of benzene rings is 1. The van der Waals surface area contributed by atoms with Gasteiger partial charge in [-0.05, 0) is 18.4 Å². The van der Waals surface area contributed by atoms with Crippen molar-refractivity contribution < 1.29 is 14.6 Å². The summed E-state index contributed by atoms with van der Waals surface area (Å²) in [5.74, 6) is 2.07. The maximum absolute atomic E-state index is 12.0. The van der Waals surface area contributed by atoms with E-state index in [2.05, 4.69) is 11.2 Å². The van der Waals surface area contributed by atoms with Crippen molar-refractivity contribution >= 4 is 5.91 Å². The summed E-state index contributed by atoms with van der Waals surface area (Å²) in [6, 6.07) is 8.90. The van der Waals surface area contributed by atoms with Crippen molar-refractivity contribution in [3.05, 3.63) is 35.9 Å². The Labute approximate surface area is 119 Å². The predicted octanol–water partition coefficient (Wildman–Crippen LogP) is 0.887. The summed E-state index contributed by atoms with van der Waals surface area (Å²) in [4.78, 5) is 12.0. The van der Waals surface area contributed by atoms with Crippen LogP contribution in [0.5, 0.6) is 0 Å². The second-order valence-corrected chi connectivity index (χ2v) is 4.91. The highest BCUT2D eigenvalue weighted by Crippen LogP contribution is 2.15. The van der Waals surface area contributed by atoms with Gasteiger partial charge in [0.1, 0.15) is 12.1 Å². The van der Waals surface area contributed by atoms with Crippen LogP contribution in [0, 0.1) is 12.3 Å². The first-order chi connectivity index (χ1) is 9.70. The van der Waals surface area contributed by atoms with E-state index in [-0.39, 0.29) is 12.5 Å². The molecule has 0 spiro atoms. The molecule has 0 unspecified atom stereocenters. The van der Waals surface area contributed by atoms with E-state index in [1.807, 2.05) is 30.3 Å². The quantitative estimate of drug-likeness (QED) is 0.783. The van der Waals surface area contributed by atoms with E-state index in [9.17, 15) is 9.90 Å². The Hall–Kier alpha value is -1.83. The Morgan fingerprint density at radius 3 is 2.85 bits per heavy atom. The molecule has 20 heavy (non-hydrogen) atoms. The van der Waals surface area contributed by atoms with Crippen molar-refractivity contribution in [2.24, 2.45) is 0 Å². The van der Waals surface area contributed by atoms with Crippen LogP contribution in [0.25, 0.3) is 0 Å². The fourth-order valence-electron chi connectivity index (χ4n) is 2.29. The highest BCUT2D eigenvalue weighted by atomic mass is 16.5. The summed E-state index contributed by atoms with van der Waals surface area (Å²) in [6.07, 6.45) is 6.24. The highest BCUT2D eigenvalue weighted by molar-refractivity contribution is 5.81. The Morgan fingerprint density at radius 1 is 1.50 bits per heavy atom. The van der Waals surface area contributed by atoms with Crippen molar-refractivity contribution in [1.29, 1.82) is 0 Å². The number of nitrogens with one attached hydrogen (secondary N) is 1. The number of rotatable bonds is 5. The average Bonchev–Trinajstić information content (AvgIpc) is 2.99. The predicted molar refractivity (Wildman–Crippen MR) is 75.9 cm³/mol. The molecule has 0 aliphatic carbocycles. The number of hydrogen-bond acceptors (Lipinski definition) is 3. The second kappa shape index (κ2) is 7.09. The van der Waals surface area contributed by atoms with Gasteiger partial charge in [-0.1, -0.05) is 36.3 Å². The number of hydrogen-bond donors (Lipinski definition) is 2. The summed E-state index contributed by atoms with van der Waals surface area (Å²) in [7, 11) is 0. The van der Waals surface area contributed by atoms with E-state index in [1.54, 1.807) is 0 Å². The molecule has 1 aromatic carbocycles. The first kappa shape index (κ1) is 14.6. The van der Waals surface area contributed by atoms with E-state index in [0.717, 1.165) is 18.4 Å². The molecule has 1 aromatic rings. The molecular formula is C16H19NO3. The van der Waals surface area contributed by atoms with E-state index in [0.29, 0.717) is 6.61 Å². The lowest BCUT2D eigenvalue weighted by Gasteiger charge is -2.21. The molecule has 3 atom stereocenters. The average molecular weight is 273 g/mol. The Kier molecular flexibility index (Phi) is 5.16. The van der Waals surface area contributed by atoms with Crippen molar-refractivity contribution in [2.45, 2.75) is 37.5 Å². The molecule has 2 rings (SSSR count). The number of carbonyl (C=O) groups is 1. The molecule has 2 N–H and O–H groups in total. The smallest absolute Gasteiger partial charge is 0.250 e. The molecule has 1 aliphatic rings. The molecule has 0 bridgehead atoms. The fourth-order valence-corrected chi connectivity index (χ4v) is 2.29. The van der Waals surface area contributed by atoms with Crippen LogP contribution in [0.3, 0.4) is 0 Å². The van der Waals surface area contributed by atoms with E-state index in [1.165, 1.54) is 0 Å². The molecule has 1 amide bonds. The van der Waals surface area contributed by atoms with Crippen LogP contribution in [0.4, 0.5) is 0 Å². The van der Waals surface area contributed by atoms with Gasteiger partial charge in [-0.2, -0.15) is 0 Å². The summed E-state index contributed by atoms with van der Waals surface area (Å²) in [5.41, 5.74) is 0.907. The van der Waals surface area contributed by atoms with Crippen molar-refractivity contribution in [2.75, 3.05) is 6.61 Å². The van der Waals surface area contributed by atoms with Gasteiger partial charge in [0.25, 0.3) is 0 Å². The molecular weight excluding hydrogens is 254 g/mol. The number of carbonyl (C=O) groups excluding carboxylic acids is 1. The van der Waals surface area contributed by atoms with Gasteiger partial charge in [0, 0.05) is 13.0 Å². The lowest BCUT2D eigenvalue weighted by molar-refractivity contribution is -0.130. The maximum atomic E-state index is 12.0. The third-order valence-corrected chi connectivity index (χ3v) is 3.39. The third kappa shape index (κ3) is 3.83. The lowest BCUT2D eigenvalue weighted by Crippen LogP contribution is -2.46. The zero-order valence-electron chi connectivity index (χ0n) is 11.3. The van der Waals surface area contributed by atoms with Crippen LogP contribution >= 0.6 is 0 Å². The van der Waals surface area contributed by atoms with Crippen molar-refractivity contribution in [3.8, 4) is 12.3 Å². The molecule has 0 saturated carbocycles. The summed E-state index contributed by atoms with van der Waals surface area (Å²) in [6.45, 7) is 0.672. The first-order valence-corrected chi connectivity index (χ1v) is 6.81. The monoisotopic (exact) mass is 273 g/mol. The molecule has 1 heterocycles. The molecule has 4 nitrogen and oxygen atoms in total. The van der Waals surface area contributed by atoms with Gasteiger partial charge >= 0.3 is 0 Å². The molecule has 0 radical (unpaired) electrons. The largest absolute Gasteiger partial charge is 0.383 e. The number of aliphatic hydroxyl groups excluding tert-OH is 1. The van der Waals surface area contributed by atoms with Crippen LogP contribution in [-0.4, -0.2) is 35.9 Å². The minimum atomic E-state index is -1.10. The van der Waals surface area contributed by atoms with Crippen molar-refractivity contribution in [1.82, 2.24) is 5.32 Å². The Bertz CT molecular complexity index is 474. The number of aliphatic hydroxyl groups is 1. The summed E-state index contributed by atoms with van der Waals surface area (Å²) in [5, 5.41) is 12.6. The summed E-state index contributed by atoms with van der Waals surface area (Å²) < 4.78 is 5.47. The van der Waals surface area contributed by atoms with Crippen LogP contribution in [0.15, 0.2) is 30.3 Å². The summed E-state index contributed by atoms with van der Waals surface area (Å²) >= 11 is 0. The standard InChI is InChI=1S/C16H19NO3/c1-2-13(15-9-6-10-20-15)17-16(19)14(18)11-12-7-4-3-5-8-12/h1,3-5,7-8,13-15,18H,6,9-11H2,(H,17,19)/t13-,14-,15+/m0/s1. The van der Waals surface area contributed by atoms with Crippen molar-refractivity contribution in [3.63, 3.8) is 0 Å². The van der Waals surface area contributed by atoms with Crippen LogP contribution in [-0.2, 0) is 16.0 Å². The van der Waals surface area contributed by atoms with Gasteiger partial charge in [0.15, 0.2) is 0 Å². The Balaban J connectivity index is 1.88. The van der Waals surface area contributed by atoms with Gasteiger partial charge in [0.05, 0.1) is 6.10 Å². The number of ether oxygens (including phenoxy) is 1.